The zero-order valence-corrected chi connectivity index (χ0v) is 16.3. The first-order chi connectivity index (χ1) is 13.6. The third-order valence-electron chi connectivity index (χ3n) is 5.83. The van der Waals surface area contributed by atoms with Gasteiger partial charge in [-0.05, 0) is 75.0 Å². The monoisotopic (exact) mass is 382 g/mol. The molecule has 5 heteroatoms. The van der Waals surface area contributed by atoms with Gasteiger partial charge in [0.05, 0.1) is 6.54 Å². The van der Waals surface area contributed by atoms with Gasteiger partial charge >= 0.3 is 6.09 Å². The zero-order valence-electron chi connectivity index (χ0n) is 16.3. The summed E-state index contributed by atoms with van der Waals surface area (Å²) in [6, 6.07) is 14.8. The number of rotatable bonds is 5. The highest BCUT2D eigenvalue weighted by Crippen LogP contribution is 2.25. The van der Waals surface area contributed by atoms with Crippen molar-refractivity contribution in [2.75, 3.05) is 31.1 Å². The van der Waals surface area contributed by atoms with E-state index in [9.17, 15) is 9.18 Å². The molecule has 1 amide bonds. The van der Waals surface area contributed by atoms with E-state index in [1.807, 2.05) is 43.3 Å². The number of hydrogen-bond acceptors (Lipinski definition) is 3. The van der Waals surface area contributed by atoms with E-state index >= 15 is 0 Å². The number of amides is 1. The predicted molar refractivity (Wildman–Crippen MR) is 108 cm³/mol. The van der Waals surface area contributed by atoms with Crippen molar-refractivity contribution in [1.82, 2.24) is 4.90 Å². The minimum atomic E-state index is -0.250. The fourth-order valence-corrected chi connectivity index (χ4v) is 4.17. The lowest BCUT2D eigenvalue weighted by Crippen LogP contribution is -2.40. The minimum Gasteiger partial charge on any atom is -0.443 e. The Bertz CT molecular complexity index is 798. The quantitative estimate of drug-likeness (QED) is 0.768. The zero-order chi connectivity index (χ0) is 19.5. The van der Waals surface area contributed by atoms with Crippen LogP contribution in [0, 0.1) is 18.7 Å². The molecular formula is C23H27FN2O2. The average Bonchev–Trinajstić information content (AvgIpc) is 3.06. The molecule has 148 valence electrons. The van der Waals surface area contributed by atoms with E-state index in [0.717, 1.165) is 44.6 Å². The van der Waals surface area contributed by atoms with Crippen molar-refractivity contribution in [3.05, 3.63) is 65.5 Å². The molecule has 2 aromatic carbocycles. The fraction of sp³-hybridized carbons (Fsp3) is 0.435. The molecule has 1 unspecified atom stereocenters. The number of cyclic esters (lactones) is 1. The fourth-order valence-electron chi connectivity index (χ4n) is 4.17. The van der Waals surface area contributed by atoms with Gasteiger partial charge in [-0.25, -0.2) is 9.18 Å². The summed E-state index contributed by atoms with van der Waals surface area (Å²) in [5.74, 6) is 0.459. The Morgan fingerprint density at radius 3 is 2.39 bits per heavy atom. The second kappa shape index (κ2) is 8.31. The molecule has 0 aliphatic carbocycles. The van der Waals surface area contributed by atoms with Crippen molar-refractivity contribution in [2.24, 2.45) is 5.92 Å². The molecule has 2 aromatic rings. The largest absolute Gasteiger partial charge is 0.443 e. The summed E-state index contributed by atoms with van der Waals surface area (Å²) in [7, 11) is 0. The van der Waals surface area contributed by atoms with Crippen molar-refractivity contribution in [2.45, 2.75) is 32.3 Å². The molecule has 1 atom stereocenters. The number of carbonyl (C=O) groups excluding carboxylic acids is 1. The molecule has 4 rings (SSSR count). The first kappa shape index (κ1) is 18.9. The molecular weight excluding hydrogens is 355 g/mol. The predicted octanol–water partition coefficient (Wildman–Crippen LogP) is 4.41. The first-order valence-electron chi connectivity index (χ1n) is 10.1. The number of carbonyl (C=O) groups is 1. The van der Waals surface area contributed by atoms with Gasteiger partial charge in [-0.2, -0.15) is 0 Å². The van der Waals surface area contributed by atoms with E-state index in [4.69, 9.17) is 4.74 Å². The summed E-state index contributed by atoms with van der Waals surface area (Å²) >= 11 is 0. The molecule has 28 heavy (non-hydrogen) atoms. The van der Waals surface area contributed by atoms with E-state index in [1.165, 1.54) is 11.1 Å². The van der Waals surface area contributed by atoms with Gasteiger partial charge in [0, 0.05) is 12.2 Å². The van der Waals surface area contributed by atoms with Crippen LogP contribution < -0.4 is 4.90 Å². The van der Waals surface area contributed by atoms with Crippen LogP contribution in [0.25, 0.3) is 0 Å². The van der Waals surface area contributed by atoms with Crippen LogP contribution in [-0.4, -0.2) is 43.3 Å². The van der Waals surface area contributed by atoms with Gasteiger partial charge in [-0.3, -0.25) is 9.80 Å². The number of anilines is 1. The highest BCUT2D eigenvalue weighted by atomic mass is 19.1. The molecule has 0 N–H and O–H groups in total. The van der Waals surface area contributed by atoms with Crippen molar-refractivity contribution < 1.29 is 13.9 Å². The van der Waals surface area contributed by atoms with Crippen LogP contribution in [0.4, 0.5) is 14.9 Å². The smallest absolute Gasteiger partial charge is 0.414 e. The Hall–Kier alpha value is -2.40. The molecule has 2 fully saturated rings. The Morgan fingerprint density at radius 2 is 1.71 bits per heavy atom. The first-order valence-corrected chi connectivity index (χ1v) is 10.1. The van der Waals surface area contributed by atoms with E-state index in [-0.39, 0.29) is 18.0 Å². The highest BCUT2D eigenvalue weighted by molar-refractivity contribution is 5.89. The van der Waals surface area contributed by atoms with E-state index in [2.05, 4.69) is 4.90 Å². The van der Waals surface area contributed by atoms with Crippen LogP contribution in [0.3, 0.4) is 0 Å². The van der Waals surface area contributed by atoms with Crippen LogP contribution in [0.5, 0.6) is 0 Å². The Balaban J connectivity index is 1.25. The molecule has 2 saturated heterocycles. The van der Waals surface area contributed by atoms with Gasteiger partial charge in [-0.1, -0.05) is 29.8 Å². The van der Waals surface area contributed by atoms with Gasteiger partial charge in [0.25, 0.3) is 0 Å². The molecule has 2 heterocycles. The van der Waals surface area contributed by atoms with Crippen LogP contribution >= 0.6 is 0 Å². The average molecular weight is 382 g/mol. The number of likely N-dealkylation sites (tertiary alicyclic amines) is 1. The minimum absolute atomic E-state index is 0.0811. The number of benzene rings is 2. The van der Waals surface area contributed by atoms with Gasteiger partial charge in [0.1, 0.15) is 11.9 Å². The van der Waals surface area contributed by atoms with E-state index < -0.39 is 0 Å². The number of ether oxygens (including phenoxy) is 1. The third kappa shape index (κ3) is 4.53. The standard InChI is InChI=1S/C23H27FN2O2/c1-17-2-8-21(9-3-17)26-16-22(28-23(26)27)15-25-12-10-19(11-13-25)14-18-4-6-20(24)7-5-18/h2-9,19,22H,10-16H2,1H3. The van der Waals surface area contributed by atoms with Crippen molar-refractivity contribution in [1.29, 1.82) is 0 Å². The molecule has 0 spiro atoms. The maximum absolute atomic E-state index is 13.0. The number of nitrogens with zero attached hydrogens (tertiary/aromatic N) is 2. The van der Waals surface area contributed by atoms with Crippen molar-refractivity contribution in [3.8, 4) is 0 Å². The number of piperidine rings is 1. The molecule has 0 aromatic heterocycles. The Kier molecular flexibility index (Phi) is 5.62. The van der Waals surface area contributed by atoms with Crippen LogP contribution in [0.15, 0.2) is 48.5 Å². The van der Waals surface area contributed by atoms with E-state index in [1.54, 1.807) is 17.0 Å². The SMILES string of the molecule is Cc1ccc(N2CC(CN3CCC(Cc4ccc(F)cc4)CC3)OC2=O)cc1. The second-order valence-electron chi connectivity index (χ2n) is 8.03. The van der Waals surface area contributed by atoms with Gasteiger partial charge in [0.15, 0.2) is 0 Å². The maximum Gasteiger partial charge on any atom is 0.414 e. The topological polar surface area (TPSA) is 32.8 Å². The van der Waals surface area contributed by atoms with Crippen LogP contribution in [-0.2, 0) is 11.2 Å². The molecule has 4 nitrogen and oxygen atoms in total. The highest BCUT2D eigenvalue weighted by Gasteiger charge is 2.34. The lowest BCUT2D eigenvalue weighted by Gasteiger charge is -2.33. The summed E-state index contributed by atoms with van der Waals surface area (Å²) in [4.78, 5) is 16.4. The summed E-state index contributed by atoms with van der Waals surface area (Å²) in [5.41, 5.74) is 3.28. The summed E-state index contributed by atoms with van der Waals surface area (Å²) < 4.78 is 18.7. The van der Waals surface area contributed by atoms with Crippen molar-refractivity contribution in [3.63, 3.8) is 0 Å². The van der Waals surface area contributed by atoms with Gasteiger partial charge < -0.3 is 4.74 Å². The number of hydrogen-bond donors (Lipinski definition) is 0. The molecule has 2 aliphatic heterocycles. The molecule has 0 saturated carbocycles. The lowest BCUT2D eigenvalue weighted by molar-refractivity contribution is 0.0914. The molecule has 0 radical (unpaired) electrons. The van der Waals surface area contributed by atoms with Gasteiger partial charge in [-0.15, -0.1) is 0 Å². The molecule has 0 bridgehead atoms. The summed E-state index contributed by atoms with van der Waals surface area (Å²) in [6.07, 6.45) is 2.93. The Labute approximate surface area is 165 Å². The van der Waals surface area contributed by atoms with Crippen LogP contribution in [0.1, 0.15) is 24.0 Å². The molecule has 2 aliphatic rings. The normalized spacial score (nSPS) is 21.1. The Morgan fingerprint density at radius 1 is 1.04 bits per heavy atom. The summed E-state index contributed by atoms with van der Waals surface area (Å²) in [6.45, 7) is 5.47. The number of halogens is 1. The van der Waals surface area contributed by atoms with Crippen molar-refractivity contribution >= 4 is 11.8 Å². The third-order valence-corrected chi connectivity index (χ3v) is 5.83. The van der Waals surface area contributed by atoms with E-state index in [0.29, 0.717) is 12.5 Å². The van der Waals surface area contributed by atoms with Crippen LogP contribution in [0.2, 0.25) is 0 Å². The summed E-state index contributed by atoms with van der Waals surface area (Å²) in [5, 5.41) is 0. The van der Waals surface area contributed by atoms with Gasteiger partial charge in [0.2, 0.25) is 0 Å². The maximum atomic E-state index is 13.0. The number of aryl methyl sites for hydroxylation is 1. The lowest BCUT2D eigenvalue weighted by atomic mass is 9.90. The second-order valence-corrected chi connectivity index (χ2v) is 8.03.